The molecular weight excluding hydrogens is 238 g/mol. The van der Waals surface area contributed by atoms with Crippen molar-refractivity contribution < 1.29 is 5.11 Å². The molecule has 4 nitrogen and oxygen atoms in total. The molecule has 0 aliphatic carbocycles. The lowest BCUT2D eigenvalue weighted by molar-refractivity contribution is 0.474. The predicted octanol–water partition coefficient (Wildman–Crippen LogP) is 2.29. The van der Waals surface area contributed by atoms with Crippen molar-refractivity contribution in [1.29, 1.82) is 0 Å². The second kappa shape index (κ2) is 7.02. The smallest absolute Gasteiger partial charge is 0.191 e. The van der Waals surface area contributed by atoms with Crippen LogP contribution in [0.5, 0.6) is 5.75 Å². The minimum absolute atomic E-state index is 0.00792. The molecule has 106 valence electrons. The summed E-state index contributed by atoms with van der Waals surface area (Å²) in [5.74, 6) is 1.14. The van der Waals surface area contributed by atoms with Crippen LogP contribution < -0.4 is 10.6 Å². The molecule has 0 aliphatic rings. The summed E-state index contributed by atoms with van der Waals surface area (Å²) < 4.78 is 0. The SMILES string of the molecule is CCNC(=NCCc1cccc(O)c1)NC(C)(C)C. The van der Waals surface area contributed by atoms with E-state index in [1.54, 1.807) is 12.1 Å². The summed E-state index contributed by atoms with van der Waals surface area (Å²) in [4.78, 5) is 4.54. The lowest BCUT2D eigenvalue weighted by atomic mass is 10.1. The van der Waals surface area contributed by atoms with E-state index in [0.717, 1.165) is 24.5 Å². The van der Waals surface area contributed by atoms with E-state index in [0.29, 0.717) is 12.3 Å². The van der Waals surface area contributed by atoms with Crippen LogP contribution in [0, 0.1) is 0 Å². The van der Waals surface area contributed by atoms with Crippen LogP contribution in [0.4, 0.5) is 0 Å². The number of hydrogen-bond donors (Lipinski definition) is 3. The maximum absolute atomic E-state index is 9.40. The molecule has 0 atom stereocenters. The van der Waals surface area contributed by atoms with E-state index in [2.05, 4.69) is 43.3 Å². The molecule has 0 aliphatic heterocycles. The van der Waals surface area contributed by atoms with Gasteiger partial charge in [-0.15, -0.1) is 0 Å². The Hall–Kier alpha value is -1.71. The minimum atomic E-state index is -0.00792. The molecular formula is C15H25N3O. The summed E-state index contributed by atoms with van der Waals surface area (Å²) in [5.41, 5.74) is 1.09. The number of nitrogens with one attached hydrogen (secondary N) is 2. The fourth-order valence-electron chi connectivity index (χ4n) is 1.67. The number of benzene rings is 1. The number of guanidine groups is 1. The number of hydrogen-bond acceptors (Lipinski definition) is 2. The average Bonchev–Trinajstić information content (AvgIpc) is 2.27. The Balaban J connectivity index is 2.56. The highest BCUT2D eigenvalue weighted by atomic mass is 16.3. The zero-order chi connectivity index (χ0) is 14.3. The van der Waals surface area contributed by atoms with Gasteiger partial charge in [-0.3, -0.25) is 4.99 Å². The van der Waals surface area contributed by atoms with Gasteiger partial charge in [-0.1, -0.05) is 12.1 Å². The third-order valence-corrected chi connectivity index (χ3v) is 2.42. The zero-order valence-electron chi connectivity index (χ0n) is 12.3. The Morgan fingerprint density at radius 1 is 1.32 bits per heavy atom. The van der Waals surface area contributed by atoms with Gasteiger partial charge in [0.15, 0.2) is 5.96 Å². The van der Waals surface area contributed by atoms with Crippen molar-refractivity contribution in [2.45, 2.75) is 39.7 Å². The molecule has 0 amide bonds. The molecule has 0 heterocycles. The molecule has 0 fully saturated rings. The van der Waals surface area contributed by atoms with Crippen LogP contribution >= 0.6 is 0 Å². The van der Waals surface area contributed by atoms with Crippen LogP contribution in [0.1, 0.15) is 33.3 Å². The number of aliphatic imine (C=N–C) groups is 1. The molecule has 0 radical (unpaired) electrons. The molecule has 0 bridgehead atoms. The second-order valence-corrected chi connectivity index (χ2v) is 5.56. The lowest BCUT2D eigenvalue weighted by Crippen LogP contribution is -2.47. The number of phenols is 1. The van der Waals surface area contributed by atoms with E-state index in [9.17, 15) is 5.11 Å². The summed E-state index contributed by atoms with van der Waals surface area (Å²) >= 11 is 0. The number of phenolic OH excluding ortho intramolecular Hbond substituents is 1. The number of rotatable bonds is 4. The Morgan fingerprint density at radius 2 is 2.05 bits per heavy atom. The van der Waals surface area contributed by atoms with Gasteiger partial charge in [-0.25, -0.2) is 0 Å². The second-order valence-electron chi connectivity index (χ2n) is 5.56. The summed E-state index contributed by atoms with van der Waals surface area (Å²) in [5, 5.41) is 16.0. The summed E-state index contributed by atoms with van der Waals surface area (Å²) in [6, 6.07) is 7.31. The summed E-state index contributed by atoms with van der Waals surface area (Å²) in [6.45, 7) is 9.90. The molecule has 1 rings (SSSR count). The highest BCUT2D eigenvalue weighted by Gasteiger charge is 2.11. The van der Waals surface area contributed by atoms with Crippen molar-refractivity contribution in [3.8, 4) is 5.75 Å². The van der Waals surface area contributed by atoms with E-state index >= 15 is 0 Å². The summed E-state index contributed by atoms with van der Waals surface area (Å²) in [7, 11) is 0. The maximum atomic E-state index is 9.40. The predicted molar refractivity (Wildman–Crippen MR) is 80.7 cm³/mol. The zero-order valence-corrected chi connectivity index (χ0v) is 12.3. The first-order valence-electron chi connectivity index (χ1n) is 6.75. The van der Waals surface area contributed by atoms with Crippen LogP contribution in [0.2, 0.25) is 0 Å². The van der Waals surface area contributed by atoms with Crippen LogP contribution in [0.3, 0.4) is 0 Å². The van der Waals surface area contributed by atoms with Crippen molar-refractivity contribution in [3.05, 3.63) is 29.8 Å². The monoisotopic (exact) mass is 263 g/mol. The van der Waals surface area contributed by atoms with E-state index in [4.69, 9.17) is 0 Å². The molecule has 19 heavy (non-hydrogen) atoms. The number of nitrogens with zero attached hydrogens (tertiary/aromatic N) is 1. The summed E-state index contributed by atoms with van der Waals surface area (Å²) in [6.07, 6.45) is 0.815. The van der Waals surface area contributed by atoms with Gasteiger partial charge in [0.05, 0.1) is 0 Å². The van der Waals surface area contributed by atoms with Crippen molar-refractivity contribution in [3.63, 3.8) is 0 Å². The van der Waals surface area contributed by atoms with Gasteiger partial charge in [-0.2, -0.15) is 0 Å². The standard InChI is InChI=1S/C15H25N3O/c1-5-16-14(18-15(2,3)4)17-10-9-12-7-6-8-13(19)11-12/h6-8,11,19H,5,9-10H2,1-4H3,(H2,16,17,18). The molecule has 1 aromatic rings. The largest absolute Gasteiger partial charge is 0.508 e. The van der Waals surface area contributed by atoms with Crippen LogP contribution in [0.25, 0.3) is 0 Å². The first-order valence-corrected chi connectivity index (χ1v) is 6.75. The normalized spacial score (nSPS) is 12.3. The van der Waals surface area contributed by atoms with Crippen LogP contribution in [-0.4, -0.2) is 29.7 Å². The minimum Gasteiger partial charge on any atom is -0.508 e. The Labute approximate surface area is 116 Å². The van der Waals surface area contributed by atoms with Gasteiger partial charge >= 0.3 is 0 Å². The Morgan fingerprint density at radius 3 is 2.63 bits per heavy atom. The van der Waals surface area contributed by atoms with Gasteiger partial charge in [0, 0.05) is 18.6 Å². The fraction of sp³-hybridized carbons (Fsp3) is 0.533. The molecule has 0 saturated heterocycles. The lowest BCUT2D eigenvalue weighted by Gasteiger charge is -2.23. The highest BCUT2D eigenvalue weighted by Crippen LogP contribution is 2.11. The molecule has 0 unspecified atom stereocenters. The molecule has 1 aromatic carbocycles. The van der Waals surface area contributed by atoms with Crippen molar-refractivity contribution in [1.82, 2.24) is 10.6 Å². The molecule has 0 aromatic heterocycles. The van der Waals surface area contributed by atoms with Crippen LogP contribution in [-0.2, 0) is 6.42 Å². The molecule has 0 saturated carbocycles. The van der Waals surface area contributed by atoms with Crippen molar-refractivity contribution >= 4 is 5.96 Å². The van der Waals surface area contributed by atoms with Crippen molar-refractivity contribution in [2.75, 3.05) is 13.1 Å². The first-order chi connectivity index (χ1) is 8.90. The average molecular weight is 263 g/mol. The number of aromatic hydroxyl groups is 1. The van der Waals surface area contributed by atoms with Crippen LogP contribution in [0.15, 0.2) is 29.3 Å². The van der Waals surface area contributed by atoms with Gasteiger partial charge < -0.3 is 15.7 Å². The maximum Gasteiger partial charge on any atom is 0.191 e. The van der Waals surface area contributed by atoms with Gasteiger partial charge in [0.1, 0.15) is 5.75 Å². The van der Waals surface area contributed by atoms with Gasteiger partial charge in [-0.05, 0) is 51.8 Å². The van der Waals surface area contributed by atoms with Crippen molar-refractivity contribution in [2.24, 2.45) is 4.99 Å². The van der Waals surface area contributed by atoms with Gasteiger partial charge in [0.25, 0.3) is 0 Å². The Kier molecular flexibility index (Phi) is 5.67. The topological polar surface area (TPSA) is 56.7 Å². The quantitative estimate of drug-likeness (QED) is 0.577. The molecule has 3 N–H and O–H groups in total. The van der Waals surface area contributed by atoms with E-state index in [1.165, 1.54) is 0 Å². The van der Waals surface area contributed by atoms with E-state index < -0.39 is 0 Å². The highest BCUT2D eigenvalue weighted by molar-refractivity contribution is 5.80. The third-order valence-electron chi connectivity index (χ3n) is 2.42. The van der Waals surface area contributed by atoms with E-state index in [1.807, 2.05) is 12.1 Å². The van der Waals surface area contributed by atoms with Gasteiger partial charge in [0.2, 0.25) is 0 Å². The molecule has 0 spiro atoms. The third kappa shape index (κ3) is 6.70. The fourth-order valence-corrected chi connectivity index (χ4v) is 1.67. The first kappa shape index (κ1) is 15.3. The molecule has 4 heteroatoms. The Bertz CT molecular complexity index is 422. The van der Waals surface area contributed by atoms with E-state index in [-0.39, 0.29) is 5.54 Å².